The second kappa shape index (κ2) is 4.11. The SMILES string of the molecule is C[C@](F)(CF)/C(F)=C(\C(=O)O)C(F)(F)F. The van der Waals surface area contributed by atoms with Gasteiger partial charge >= 0.3 is 12.1 Å². The number of halogens is 6. The van der Waals surface area contributed by atoms with E-state index in [4.69, 9.17) is 5.11 Å². The Morgan fingerprint density at radius 2 is 1.67 bits per heavy atom. The Bertz CT molecular complexity index is 290. The van der Waals surface area contributed by atoms with E-state index in [0.717, 1.165) is 0 Å². The van der Waals surface area contributed by atoms with Crippen LogP contribution in [0.4, 0.5) is 26.3 Å². The molecular formula is C7H6F6O2. The summed E-state index contributed by atoms with van der Waals surface area (Å²) in [6.07, 6.45) is -5.58. The van der Waals surface area contributed by atoms with Gasteiger partial charge in [0, 0.05) is 0 Å². The van der Waals surface area contributed by atoms with E-state index in [1.807, 2.05) is 0 Å². The summed E-state index contributed by atoms with van der Waals surface area (Å²) in [7, 11) is 0. The highest BCUT2D eigenvalue weighted by Crippen LogP contribution is 2.35. The number of hydrogen-bond acceptors (Lipinski definition) is 1. The van der Waals surface area contributed by atoms with Gasteiger partial charge in [0.25, 0.3) is 0 Å². The predicted octanol–water partition coefficient (Wildman–Crippen LogP) is 2.55. The Balaban J connectivity index is 5.60. The van der Waals surface area contributed by atoms with Gasteiger partial charge in [0.1, 0.15) is 6.67 Å². The summed E-state index contributed by atoms with van der Waals surface area (Å²) < 4.78 is 73.1. The zero-order valence-corrected chi connectivity index (χ0v) is 7.33. The number of rotatable bonds is 3. The summed E-state index contributed by atoms with van der Waals surface area (Å²) in [5.74, 6) is -5.37. The minimum Gasteiger partial charge on any atom is -0.478 e. The van der Waals surface area contributed by atoms with Crippen molar-refractivity contribution in [1.82, 2.24) is 0 Å². The molecule has 0 aliphatic heterocycles. The fourth-order valence-electron chi connectivity index (χ4n) is 0.659. The quantitative estimate of drug-likeness (QED) is 0.604. The molecule has 8 heteroatoms. The topological polar surface area (TPSA) is 37.3 Å². The molecule has 0 aromatic rings. The van der Waals surface area contributed by atoms with Crippen molar-refractivity contribution in [2.45, 2.75) is 18.8 Å². The molecule has 0 rings (SSSR count). The van der Waals surface area contributed by atoms with E-state index < -0.39 is 35.9 Å². The van der Waals surface area contributed by atoms with Crippen LogP contribution >= 0.6 is 0 Å². The average molecular weight is 236 g/mol. The van der Waals surface area contributed by atoms with E-state index in [0.29, 0.717) is 0 Å². The first-order valence-electron chi connectivity index (χ1n) is 3.49. The van der Waals surface area contributed by atoms with Crippen molar-refractivity contribution >= 4 is 5.97 Å². The van der Waals surface area contributed by atoms with Crippen LogP contribution in [0.15, 0.2) is 11.4 Å². The highest BCUT2D eigenvalue weighted by molar-refractivity contribution is 5.89. The molecule has 1 atom stereocenters. The molecule has 0 aromatic heterocycles. The summed E-state index contributed by atoms with van der Waals surface area (Å²) in [6.45, 7) is -1.91. The molecule has 15 heavy (non-hydrogen) atoms. The van der Waals surface area contributed by atoms with Gasteiger partial charge in [0.2, 0.25) is 0 Å². The van der Waals surface area contributed by atoms with Crippen molar-refractivity contribution in [2.24, 2.45) is 0 Å². The largest absolute Gasteiger partial charge is 0.478 e. The molecule has 0 aliphatic rings. The Labute approximate surface area is 80.2 Å². The summed E-state index contributed by atoms with van der Waals surface area (Å²) in [4.78, 5) is 10.0. The smallest absolute Gasteiger partial charge is 0.426 e. The molecule has 0 radical (unpaired) electrons. The van der Waals surface area contributed by atoms with Gasteiger partial charge in [-0.2, -0.15) is 13.2 Å². The summed E-state index contributed by atoms with van der Waals surface area (Å²) in [5.41, 5.74) is -6.33. The molecule has 0 heterocycles. The number of allylic oxidation sites excluding steroid dienone is 1. The van der Waals surface area contributed by atoms with Gasteiger partial charge in [-0.05, 0) is 6.92 Å². The lowest BCUT2D eigenvalue weighted by atomic mass is 10.0. The minimum absolute atomic E-state index is 0.178. The van der Waals surface area contributed by atoms with Crippen molar-refractivity contribution in [1.29, 1.82) is 0 Å². The lowest BCUT2D eigenvalue weighted by molar-refractivity contribution is -0.146. The van der Waals surface area contributed by atoms with Gasteiger partial charge in [0.05, 0.1) is 0 Å². The maximum absolute atomic E-state index is 12.8. The van der Waals surface area contributed by atoms with E-state index in [1.165, 1.54) is 0 Å². The molecule has 0 aromatic carbocycles. The number of hydrogen-bond donors (Lipinski definition) is 1. The first-order chi connectivity index (χ1) is 6.54. The number of aliphatic carboxylic acids is 1. The fourth-order valence-corrected chi connectivity index (χ4v) is 0.659. The van der Waals surface area contributed by atoms with E-state index in [1.54, 1.807) is 0 Å². The van der Waals surface area contributed by atoms with Crippen LogP contribution in [0.25, 0.3) is 0 Å². The number of carboxylic acids is 1. The van der Waals surface area contributed by atoms with Gasteiger partial charge in [0.15, 0.2) is 17.1 Å². The van der Waals surface area contributed by atoms with Crippen LogP contribution in [0.2, 0.25) is 0 Å². The molecule has 1 N–H and O–H groups in total. The van der Waals surface area contributed by atoms with Crippen molar-refractivity contribution in [3.63, 3.8) is 0 Å². The lowest BCUT2D eigenvalue weighted by Crippen LogP contribution is -2.30. The van der Waals surface area contributed by atoms with E-state index in [2.05, 4.69) is 0 Å². The third kappa shape index (κ3) is 3.14. The molecule has 88 valence electrons. The third-order valence-corrected chi connectivity index (χ3v) is 1.43. The summed E-state index contributed by atoms with van der Waals surface area (Å²) >= 11 is 0. The highest BCUT2D eigenvalue weighted by Gasteiger charge is 2.47. The monoisotopic (exact) mass is 236 g/mol. The van der Waals surface area contributed by atoms with Crippen LogP contribution in [-0.4, -0.2) is 29.6 Å². The normalized spacial score (nSPS) is 18.1. The van der Waals surface area contributed by atoms with Gasteiger partial charge in [-0.25, -0.2) is 18.0 Å². The number of carbonyl (C=O) groups is 1. The molecule has 0 unspecified atom stereocenters. The molecule has 0 fully saturated rings. The zero-order chi connectivity index (χ0) is 12.4. The molecule has 0 aliphatic carbocycles. The second-order valence-corrected chi connectivity index (χ2v) is 2.82. The van der Waals surface area contributed by atoms with Crippen LogP contribution in [0, 0.1) is 0 Å². The van der Waals surface area contributed by atoms with Gasteiger partial charge < -0.3 is 5.11 Å². The van der Waals surface area contributed by atoms with Gasteiger partial charge in [-0.1, -0.05) is 0 Å². The van der Waals surface area contributed by atoms with E-state index >= 15 is 0 Å². The number of carboxylic acid groups (broad SMARTS) is 1. The standard InChI is InChI=1S/C7H6F6O2/c1-6(10,2-8)4(9)3(5(14)15)7(11,12)13/h2H2,1H3,(H,14,15)/b4-3-/t6-/m0/s1. The highest BCUT2D eigenvalue weighted by atomic mass is 19.4. The van der Waals surface area contributed by atoms with E-state index in [9.17, 15) is 31.1 Å². The molecule has 2 nitrogen and oxygen atoms in total. The Morgan fingerprint density at radius 3 is 1.87 bits per heavy atom. The molecule has 0 saturated heterocycles. The molecular weight excluding hydrogens is 230 g/mol. The van der Waals surface area contributed by atoms with Crippen molar-refractivity contribution in [2.75, 3.05) is 6.67 Å². The Kier molecular flexibility index (Phi) is 3.78. The molecule has 0 amide bonds. The maximum Gasteiger partial charge on any atom is 0.426 e. The Hall–Kier alpha value is -1.21. The predicted molar refractivity (Wildman–Crippen MR) is 37.3 cm³/mol. The molecule has 0 bridgehead atoms. The Morgan fingerprint density at radius 1 is 1.27 bits per heavy atom. The first kappa shape index (κ1) is 13.8. The van der Waals surface area contributed by atoms with Crippen LogP contribution in [0.5, 0.6) is 0 Å². The lowest BCUT2D eigenvalue weighted by Gasteiger charge is -2.17. The van der Waals surface area contributed by atoms with Crippen LogP contribution < -0.4 is 0 Å². The van der Waals surface area contributed by atoms with Gasteiger partial charge in [-0.3, -0.25) is 0 Å². The number of alkyl halides is 5. The van der Waals surface area contributed by atoms with Crippen LogP contribution in [-0.2, 0) is 4.79 Å². The van der Waals surface area contributed by atoms with Crippen molar-refractivity contribution < 1.29 is 36.2 Å². The second-order valence-electron chi connectivity index (χ2n) is 2.82. The zero-order valence-electron chi connectivity index (χ0n) is 7.33. The third-order valence-electron chi connectivity index (χ3n) is 1.43. The van der Waals surface area contributed by atoms with Crippen LogP contribution in [0.3, 0.4) is 0 Å². The van der Waals surface area contributed by atoms with E-state index in [-0.39, 0.29) is 6.92 Å². The molecule has 0 saturated carbocycles. The fraction of sp³-hybridized carbons (Fsp3) is 0.571. The van der Waals surface area contributed by atoms with Crippen LogP contribution in [0.1, 0.15) is 6.92 Å². The minimum atomic E-state index is -5.58. The van der Waals surface area contributed by atoms with Crippen molar-refractivity contribution in [3.05, 3.63) is 11.4 Å². The average Bonchev–Trinajstić information content (AvgIpc) is 2.00. The van der Waals surface area contributed by atoms with Gasteiger partial charge in [-0.15, -0.1) is 0 Å². The maximum atomic E-state index is 12.8. The molecule has 0 spiro atoms. The summed E-state index contributed by atoms with van der Waals surface area (Å²) in [6, 6.07) is 0. The van der Waals surface area contributed by atoms with Crippen molar-refractivity contribution in [3.8, 4) is 0 Å². The summed E-state index contributed by atoms with van der Waals surface area (Å²) in [5, 5.41) is 8.03. The first-order valence-corrected chi connectivity index (χ1v) is 3.49.